The summed E-state index contributed by atoms with van der Waals surface area (Å²) in [5.74, 6) is 2.49. The number of likely N-dealkylation sites (tertiary alicyclic amines) is 1. The molecule has 1 amide bonds. The van der Waals surface area contributed by atoms with E-state index in [2.05, 4.69) is 10.1 Å². The van der Waals surface area contributed by atoms with Gasteiger partial charge in [-0.1, -0.05) is 42.3 Å². The largest absolute Gasteiger partial charge is 0.484 e. The van der Waals surface area contributed by atoms with Crippen molar-refractivity contribution in [1.82, 2.24) is 20.0 Å². The van der Waals surface area contributed by atoms with Crippen molar-refractivity contribution in [3.8, 4) is 5.75 Å². The summed E-state index contributed by atoms with van der Waals surface area (Å²) in [5.41, 5.74) is 1.08. The number of benzene rings is 1. The van der Waals surface area contributed by atoms with Crippen LogP contribution in [0.15, 0.2) is 59.4 Å². The number of hydrogen-bond acceptors (Lipinski definition) is 6. The van der Waals surface area contributed by atoms with Gasteiger partial charge >= 0.3 is 0 Å². The van der Waals surface area contributed by atoms with Crippen LogP contribution < -0.4 is 4.74 Å². The summed E-state index contributed by atoms with van der Waals surface area (Å²) in [4.78, 5) is 23.8. The van der Waals surface area contributed by atoms with Gasteiger partial charge < -0.3 is 14.2 Å². The molecular weight excluding hydrogens is 392 g/mol. The smallest absolute Gasteiger partial charge is 0.260 e. The molecule has 3 aromatic rings. The second kappa shape index (κ2) is 8.88. The van der Waals surface area contributed by atoms with E-state index in [0.29, 0.717) is 30.6 Å². The van der Waals surface area contributed by atoms with E-state index in [1.54, 1.807) is 6.20 Å². The first kappa shape index (κ1) is 19.7. The normalized spacial score (nSPS) is 21.5. The first-order valence-electron chi connectivity index (χ1n) is 11.0. The summed E-state index contributed by atoms with van der Waals surface area (Å²) in [6.07, 6.45) is 8.31. The van der Waals surface area contributed by atoms with E-state index in [4.69, 9.17) is 14.2 Å². The third-order valence-electron chi connectivity index (χ3n) is 6.39. The molecule has 1 aromatic carbocycles. The molecule has 1 saturated heterocycles. The Morgan fingerprint density at radius 3 is 2.65 bits per heavy atom. The molecule has 1 aliphatic heterocycles. The van der Waals surface area contributed by atoms with Crippen LogP contribution in [0.25, 0.3) is 0 Å². The minimum Gasteiger partial charge on any atom is -0.484 e. The molecule has 7 heteroatoms. The van der Waals surface area contributed by atoms with Crippen LogP contribution in [-0.2, 0) is 4.79 Å². The lowest BCUT2D eigenvalue weighted by molar-refractivity contribution is -0.132. The second-order valence-electron chi connectivity index (χ2n) is 8.37. The molecule has 0 radical (unpaired) electrons. The number of nitrogens with zero attached hydrogens (tertiary/aromatic N) is 4. The molecule has 0 bridgehead atoms. The van der Waals surface area contributed by atoms with E-state index in [0.717, 1.165) is 24.2 Å². The van der Waals surface area contributed by atoms with Crippen molar-refractivity contribution in [1.29, 1.82) is 0 Å². The van der Waals surface area contributed by atoms with E-state index in [9.17, 15) is 4.79 Å². The van der Waals surface area contributed by atoms with Crippen molar-refractivity contribution < 1.29 is 14.1 Å². The highest BCUT2D eigenvalue weighted by atomic mass is 16.5. The first-order chi connectivity index (χ1) is 15.3. The van der Waals surface area contributed by atoms with E-state index < -0.39 is 0 Å². The Kier molecular flexibility index (Phi) is 5.65. The number of ether oxygens (including phenoxy) is 1. The highest BCUT2D eigenvalue weighted by Crippen LogP contribution is 2.40. The second-order valence-corrected chi connectivity index (χ2v) is 8.37. The minimum atomic E-state index is -0.0486. The molecule has 31 heavy (non-hydrogen) atoms. The zero-order chi connectivity index (χ0) is 21.0. The fraction of sp³-hybridized carbons (Fsp3) is 0.417. The molecule has 2 fully saturated rings. The van der Waals surface area contributed by atoms with Crippen LogP contribution in [0.3, 0.4) is 0 Å². The maximum absolute atomic E-state index is 12.9. The van der Waals surface area contributed by atoms with Crippen molar-refractivity contribution in [2.45, 2.75) is 43.4 Å². The molecule has 0 N–H and O–H groups in total. The Hall–Kier alpha value is -3.22. The summed E-state index contributed by atoms with van der Waals surface area (Å²) in [5, 5.41) is 4.29. The maximum Gasteiger partial charge on any atom is 0.260 e. The maximum atomic E-state index is 12.9. The fourth-order valence-electron chi connectivity index (χ4n) is 4.69. The Morgan fingerprint density at radius 2 is 1.87 bits per heavy atom. The van der Waals surface area contributed by atoms with Crippen LogP contribution in [-0.4, -0.2) is 45.6 Å². The number of rotatable bonds is 6. The van der Waals surface area contributed by atoms with Gasteiger partial charge in [0.15, 0.2) is 12.4 Å². The van der Waals surface area contributed by atoms with Crippen molar-refractivity contribution in [3.05, 3.63) is 72.1 Å². The Morgan fingerprint density at radius 1 is 1.06 bits per heavy atom. The van der Waals surface area contributed by atoms with Gasteiger partial charge in [-0.3, -0.25) is 9.78 Å². The van der Waals surface area contributed by atoms with E-state index in [-0.39, 0.29) is 24.3 Å². The minimum absolute atomic E-state index is 0.00759. The van der Waals surface area contributed by atoms with Crippen LogP contribution in [0.4, 0.5) is 0 Å². The fourth-order valence-corrected chi connectivity index (χ4v) is 4.69. The zero-order valence-corrected chi connectivity index (χ0v) is 17.4. The molecule has 7 nitrogen and oxygen atoms in total. The van der Waals surface area contributed by atoms with Crippen LogP contribution >= 0.6 is 0 Å². The number of amides is 1. The predicted octanol–water partition coefficient (Wildman–Crippen LogP) is 3.91. The van der Waals surface area contributed by atoms with Crippen LogP contribution in [0.2, 0.25) is 0 Å². The number of carbonyl (C=O) groups is 1. The standard InChI is InChI=1S/C24H26N4O3/c29-22(16-30-19-10-2-1-3-11-19)28-14-20(18-9-6-12-25-13-18)21(15-28)24-26-23(27-31-24)17-7-4-5-8-17/h1-3,6,9-13,17,20-21H,4-5,7-8,14-16H2/t20-,21+/m0/s1. The molecular formula is C24H26N4O3. The average Bonchev–Trinajstić information content (AvgIpc) is 3.58. The first-order valence-corrected chi connectivity index (χ1v) is 11.0. The Balaban J connectivity index is 1.33. The summed E-state index contributed by atoms with van der Waals surface area (Å²) in [7, 11) is 0. The van der Waals surface area contributed by atoms with Gasteiger partial charge in [0, 0.05) is 37.3 Å². The van der Waals surface area contributed by atoms with Crippen LogP contribution in [0, 0.1) is 0 Å². The summed E-state index contributed by atoms with van der Waals surface area (Å²) in [6, 6.07) is 13.4. The Bertz CT molecular complexity index is 1000. The molecule has 3 heterocycles. The highest BCUT2D eigenvalue weighted by molar-refractivity contribution is 5.78. The van der Waals surface area contributed by atoms with E-state index in [1.165, 1.54) is 12.8 Å². The predicted molar refractivity (Wildman–Crippen MR) is 114 cm³/mol. The quantitative estimate of drug-likeness (QED) is 0.604. The van der Waals surface area contributed by atoms with Gasteiger partial charge in [-0.2, -0.15) is 4.98 Å². The van der Waals surface area contributed by atoms with E-state index >= 15 is 0 Å². The molecule has 2 atom stereocenters. The molecule has 0 spiro atoms. The van der Waals surface area contributed by atoms with Gasteiger partial charge in [-0.05, 0) is 36.6 Å². The zero-order valence-electron chi connectivity index (χ0n) is 17.4. The average molecular weight is 418 g/mol. The molecule has 1 saturated carbocycles. The SMILES string of the molecule is O=C(COc1ccccc1)N1C[C@@H](c2cccnc2)[C@H](c2nc(C3CCCC3)no2)C1. The van der Waals surface area contributed by atoms with Gasteiger partial charge in [-0.25, -0.2) is 0 Å². The number of hydrogen-bond donors (Lipinski definition) is 0. The molecule has 5 rings (SSSR count). The molecule has 1 aliphatic carbocycles. The lowest BCUT2D eigenvalue weighted by atomic mass is 9.90. The number of aromatic nitrogens is 3. The monoisotopic (exact) mass is 418 g/mol. The van der Waals surface area contributed by atoms with Gasteiger partial charge in [-0.15, -0.1) is 0 Å². The highest BCUT2D eigenvalue weighted by Gasteiger charge is 2.41. The van der Waals surface area contributed by atoms with Crippen molar-refractivity contribution >= 4 is 5.91 Å². The number of pyridine rings is 1. The molecule has 160 valence electrons. The van der Waals surface area contributed by atoms with Gasteiger partial charge in [0.05, 0.1) is 5.92 Å². The van der Waals surface area contributed by atoms with Crippen molar-refractivity contribution in [2.75, 3.05) is 19.7 Å². The summed E-state index contributed by atoms with van der Waals surface area (Å²) < 4.78 is 11.4. The van der Waals surface area contributed by atoms with Gasteiger partial charge in [0.2, 0.25) is 5.89 Å². The number of carbonyl (C=O) groups excluding carboxylic acids is 1. The summed E-state index contributed by atoms with van der Waals surface area (Å²) >= 11 is 0. The Labute approximate surface area is 181 Å². The summed E-state index contributed by atoms with van der Waals surface area (Å²) in [6.45, 7) is 1.12. The molecule has 2 aromatic heterocycles. The number of para-hydroxylation sites is 1. The lowest BCUT2D eigenvalue weighted by Gasteiger charge is -2.16. The van der Waals surface area contributed by atoms with Gasteiger partial charge in [0.1, 0.15) is 5.75 Å². The van der Waals surface area contributed by atoms with Crippen LogP contribution in [0.1, 0.15) is 60.7 Å². The molecule has 0 unspecified atom stereocenters. The van der Waals surface area contributed by atoms with Gasteiger partial charge in [0.25, 0.3) is 5.91 Å². The molecule has 2 aliphatic rings. The lowest BCUT2D eigenvalue weighted by Crippen LogP contribution is -2.33. The third-order valence-corrected chi connectivity index (χ3v) is 6.39. The van der Waals surface area contributed by atoms with Crippen molar-refractivity contribution in [3.63, 3.8) is 0 Å². The van der Waals surface area contributed by atoms with E-state index in [1.807, 2.05) is 53.6 Å². The van der Waals surface area contributed by atoms with Crippen LogP contribution in [0.5, 0.6) is 5.75 Å². The topological polar surface area (TPSA) is 81.4 Å². The van der Waals surface area contributed by atoms with Crippen molar-refractivity contribution in [2.24, 2.45) is 0 Å². The third kappa shape index (κ3) is 4.31.